The summed E-state index contributed by atoms with van der Waals surface area (Å²) in [5.41, 5.74) is 3.56. The third-order valence-corrected chi connectivity index (χ3v) is 4.17. The lowest BCUT2D eigenvalue weighted by Gasteiger charge is -2.20. The number of nitrogens with zero attached hydrogens (tertiary/aromatic N) is 1. The van der Waals surface area contributed by atoms with Gasteiger partial charge in [-0.2, -0.15) is 0 Å². The molecule has 3 nitrogen and oxygen atoms in total. The van der Waals surface area contributed by atoms with Gasteiger partial charge in [0.25, 0.3) is 0 Å². The minimum Gasteiger partial charge on any atom is -0.376 e. The second-order valence-electron chi connectivity index (χ2n) is 5.06. The molecule has 0 bridgehead atoms. The van der Waals surface area contributed by atoms with Crippen molar-refractivity contribution in [3.05, 3.63) is 28.5 Å². The molecule has 0 spiro atoms. The molecule has 2 atom stereocenters. The minimum absolute atomic E-state index is 0.288. The Kier molecular flexibility index (Phi) is 2.99. The Balaban J connectivity index is 2.13. The van der Waals surface area contributed by atoms with E-state index in [0.29, 0.717) is 0 Å². The molecule has 96 valence electrons. The topological polar surface area (TPSA) is 29.9 Å². The molecule has 1 aromatic carbocycles. The molecule has 1 aromatic heterocycles. The van der Waals surface area contributed by atoms with E-state index in [9.17, 15) is 0 Å². The normalized spacial score (nSPS) is 21.6. The predicted octanol–water partition coefficient (Wildman–Crippen LogP) is 3.75. The molecule has 0 aliphatic carbocycles. The highest BCUT2D eigenvalue weighted by atomic mass is 32.1. The van der Waals surface area contributed by atoms with Crippen LogP contribution in [0, 0.1) is 11.7 Å². The largest absolute Gasteiger partial charge is 0.376 e. The van der Waals surface area contributed by atoms with E-state index in [2.05, 4.69) is 41.6 Å². The van der Waals surface area contributed by atoms with Gasteiger partial charge in [-0.3, -0.25) is 0 Å². The number of H-pyrrole nitrogens is 1. The molecular formula is C14H18N2OS. The van der Waals surface area contributed by atoms with Crippen molar-refractivity contribution in [3.63, 3.8) is 0 Å². The Morgan fingerprint density at radius 1 is 1.50 bits per heavy atom. The third-order valence-electron chi connectivity index (χ3n) is 3.87. The first kappa shape index (κ1) is 11.9. The number of hydrogen-bond donors (Lipinski definition) is 1. The summed E-state index contributed by atoms with van der Waals surface area (Å²) in [5.74, 6) is 0. The van der Waals surface area contributed by atoms with Crippen LogP contribution in [0.5, 0.6) is 0 Å². The maximum absolute atomic E-state index is 5.79. The van der Waals surface area contributed by atoms with Crippen LogP contribution in [-0.2, 0) is 4.74 Å². The van der Waals surface area contributed by atoms with E-state index in [1.807, 2.05) is 0 Å². The van der Waals surface area contributed by atoms with Gasteiger partial charge in [0.1, 0.15) is 0 Å². The maximum Gasteiger partial charge on any atom is 0.178 e. The lowest BCUT2D eigenvalue weighted by molar-refractivity contribution is 0.0741. The molecule has 1 aliphatic rings. The van der Waals surface area contributed by atoms with Crippen molar-refractivity contribution in [2.45, 2.75) is 38.8 Å². The third kappa shape index (κ3) is 1.80. The highest BCUT2D eigenvalue weighted by Gasteiger charge is 2.25. The first-order valence-electron chi connectivity index (χ1n) is 6.50. The standard InChI is InChI=1S/C14H18N2OS/c1-9-5-3-6-11-13(9)15-14(18)16(11)10(2)12-7-4-8-17-12/h3,5-6,10,12H,4,7-8H2,1-2H3,(H,15,18). The zero-order valence-corrected chi connectivity index (χ0v) is 11.6. The number of aromatic nitrogens is 2. The van der Waals surface area contributed by atoms with Gasteiger partial charge in [-0.15, -0.1) is 0 Å². The van der Waals surface area contributed by atoms with E-state index >= 15 is 0 Å². The van der Waals surface area contributed by atoms with E-state index in [1.54, 1.807) is 0 Å². The lowest BCUT2D eigenvalue weighted by atomic mass is 10.1. The molecule has 0 amide bonds. The molecule has 18 heavy (non-hydrogen) atoms. The van der Waals surface area contributed by atoms with Gasteiger partial charge in [-0.25, -0.2) is 0 Å². The van der Waals surface area contributed by atoms with Gasteiger partial charge in [0.2, 0.25) is 0 Å². The molecule has 0 saturated carbocycles. The Bertz CT molecular complexity index is 622. The number of rotatable bonds is 2. The van der Waals surface area contributed by atoms with Crippen LogP contribution in [0.4, 0.5) is 0 Å². The van der Waals surface area contributed by atoms with E-state index < -0.39 is 0 Å². The molecule has 0 radical (unpaired) electrons. The number of nitrogens with one attached hydrogen (secondary N) is 1. The fourth-order valence-corrected chi connectivity index (χ4v) is 3.21. The summed E-state index contributed by atoms with van der Waals surface area (Å²) < 4.78 is 8.79. The van der Waals surface area contributed by atoms with Crippen LogP contribution in [0.3, 0.4) is 0 Å². The monoisotopic (exact) mass is 262 g/mol. The second kappa shape index (κ2) is 4.52. The summed E-state index contributed by atoms with van der Waals surface area (Å²) in [7, 11) is 0. The van der Waals surface area contributed by atoms with Crippen molar-refractivity contribution in [1.29, 1.82) is 0 Å². The number of fused-ring (bicyclic) bond motifs is 1. The van der Waals surface area contributed by atoms with Crippen LogP contribution in [0.25, 0.3) is 11.0 Å². The molecule has 2 unspecified atom stereocenters. The lowest BCUT2D eigenvalue weighted by Crippen LogP contribution is -2.20. The molecule has 1 saturated heterocycles. The molecule has 1 N–H and O–H groups in total. The number of benzene rings is 1. The van der Waals surface area contributed by atoms with Crippen molar-refractivity contribution in [1.82, 2.24) is 9.55 Å². The van der Waals surface area contributed by atoms with Crippen LogP contribution < -0.4 is 0 Å². The van der Waals surface area contributed by atoms with Crippen LogP contribution in [-0.4, -0.2) is 22.3 Å². The SMILES string of the molecule is Cc1cccc2c1[nH]c(=S)n2C(C)C1CCCO1. The first-order valence-corrected chi connectivity index (χ1v) is 6.91. The van der Waals surface area contributed by atoms with E-state index in [4.69, 9.17) is 17.0 Å². The summed E-state index contributed by atoms with van der Waals surface area (Å²) in [6, 6.07) is 6.60. The van der Waals surface area contributed by atoms with Gasteiger partial charge in [0, 0.05) is 6.61 Å². The van der Waals surface area contributed by atoms with E-state index in [-0.39, 0.29) is 12.1 Å². The van der Waals surface area contributed by atoms with Crippen LogP contribution >= 0.6 is 12.2 Å². The van der Waals surface area contributed by atoms with Crippen molar-refractivity contribution in [2.24, 2.45) is 0 Å². The van der Waals surface area contributed by atoms with E-state index in [1.165, 1.54) is 11.1 Å². The van der Waals surface area contributed by atoms with Crippen molar-refractivity contribution in [3.8, 4) is 0 Å². The minimum atomic E-state index is 0.288. The number of aromatic amines is 1. The summed E-state index contributed by atoms with van der Waals surface area (Å²) in [5, 5.41) is 0. The zero-order valence-electron chi connectivity index (χ0n) is 10.8. The maximum atomic E-state index is 5.79. The zero-order chi connectivity index (χ0) is 12.7. The average molecular weight is 262 g/mol. The fourth-order valence-electron chi connectivity index (χ4n) is 2.85. The number of aryl methyl sites for hydroxylation is 1. The van der Waals surface area contributed by atoms with Crippen molar-refractivity contribution >= 4 is 23.3 Å². The fraction of sp³-hybridized carbons (Fsp3) is 0.500. The van der Waals surface area contributed by atoms with Gasteiger partial charge < -0.3 is 14.3 Å². The second-order valence-corrected chi connectivity index (χ2v) is 5.45. The Morgan fingerprint density at radius 2 is 2.33 bits per heavy atom. The highest BCUT2D eigenvalue weighted by molar-refractivity contribution is 7.71. The highest BCUT2D eigenvalue weighted by Crippen LogP contribution is 2.28. The first-order chi connectivity index (χ1) is 8.68. The van der Waals surface area contributed by atoms with Gasteiger partial charge in [0.15, 0.2) is 4.77 Å². The van der Waals surface area contributed by atoms with Crippen LogP contribution in [0.2, 0.25) is 0 Å². The van der Waals surface area contributed by atoms with Gasteiger partial charge in [-0.1, -0.05) is 12.1 Å². The number of hydrogen-bond acceptors (Lipinski definition) is 2. The van der Waals surface area contributed by atoms with Crippen molar-refractivity contribution < 1.29 is 4.74 Å². The quantitative estimate of drug-likeness (QED) is 0.835. The predicted molar refractivity (Wildman–Crippen MR) is 75.5 cm³/mol. The number of imidazole rings is 1. The Labute approximate surface area is 112 Å². The Hall–Kier alpha value is -1.13. The van der Waals surface area contributed by atoms with Crippen LogP contribution in [0.1, 0.15) is 31.4 Å². The number of para-hydroxylation sites is 1. The molecule has 2 aromatic rings. The number of ether oxygens (including phenoxy) is 1. The summed E-state index contributed by atoms with van der Waals surface area (Å²) in [4.78, 5) is 3.32. The molecule has 1 fully saturated rings. The van der Waals surface area contributed by atoms with Crippen LogP contribution in [0.15, 0.2) is 18.2 Å². The smallest absolute Gasteiger partial charge is 0.178 e. The van der Waals surface area contributed by atoms with Gasteiger partial charge in [-0.05, 0) is 50.5 Å². The van der Waals surface area contributed by atoms with E-state index in [0.717, 1.165) is 29.7 Å². The Morgan fingerprint density at radius 3 is 3.06 bits per heavy atom. The summed E-state index contributed by atoms with van der Waals surface area (Å²) >= 11 is 5.48. The summed E-state index contributed by atoms with van der Waals surface area (Å²) in [6.45, 7) is 5.18. The van der Waals surface area contributed by atoms with Gasteiger partial charge in [0.05, 0.1) is 23.2 Å². The molecular weight excluding hydrogens is 244 g/mol. The molecule has 1 aliphatic heterocycles. The molecule has 3 rings (SSSR count). The van der Waals surface area contributed by atoms with Gasteiger partial charge >= 0.3 is 0 Å². The molecule has 2 heterocycles. The summed E-state index contributed by atoms with van der Waals surface area (Å²) in [6.07, 6.45) is 2.57. The van der Waals surface area contributed by atoms with Crippen molar-refractivity contribution in [2.75, 3.05) is 6.61 Å². The average Bonchev–Trinajstić information content (AvgIpc) is 2.96. The molecule has 4 heteroatoms.